The third kappa shape index (κ3) is 3.17. The van der Waals surface area contributed by atoms with Gasteiger partial charge >= 0.3 is 0 Å². The van der Waals surface area contributed by atoms with Crippen LogP contribution in [0.3, 0.4) is 0 Å². The highest BCUT2D eigenvalue weighted by molar-refractivity contribution is 9.10. The molecule has 1 heterocycles. The lowest BCUT2D eigenvalue weighted by atomic mass is 10.2. The van der Waals surface area contributed by atoms with Gasteiger partial charge in [-0.2, -0.15) is 0 Å². The number of rotatable bonds is 4. The monoisotopic (exact) mass is 356 g/mol. The van der Waals surface area contributed by atoms with Gasteiger partial charge in [-0.05, 0) is 42.3 Å². The van der Waals surface area contributed by atoms with Crippen LogP contribution in [0.4, 0.5) is 5.69 Å². The quantitative estimate of drug-likeness (QED) is 0.881. The summed E-state index contributed by atoms with van der Waals surface area (Å²) in [5, 5.41) is 9.19. The van der Waals surface area contributed by atoms with Gasteiger partial charge in [0.05, 0.1) is 17.2 Å². The summed E-state index contributed by atoms with van der Waals surface area (Å²) in [5.41, 5.74) is 1.55. The topological polar surface area (TPSA) is 79.3 Å². The second-order valence-electron chi connectivity index (χ2n) is 4.20. The maximum Gasteiger partial charge on any atom is 0.262 e. The van der Waals surface area contributed by atoms with Crippen LogP contribution in [0.5, 0.6) is 0 Å². The molecule has 1 aromatic carbocycles. The van der Waals surface area contributed by atoms with E-state index in [4.69, 9.17) is 0 Å². The maximum absolute atomic E-state index is 12.4. The molecular formula is C13H13BrN2O3S. The Labute approximate surface area is 125 Å². The summed E-state index contributed by atoms with van der Waals surface area (Å²) >= 11 is 3.30. The number of anilines is 1. The molecule has 0 fully saturated rings. The van der Waals surface area contributed by atoms with Crippen molar-refractivity contribution in [3.05, 3.63) is 52.3 Å². The van der Waals surface area contributed by atoms with Crippen molar-refractivity contribution in [3.8, 4) is 0 Å². The van der Waals surface area contributed by atoms with Gasteiger partial charge in [0.15, 0.2) is 0 Å². The minimum atomic E-state index is -3.72. The predicted molar refractivity (Wildman–Crippen MR) is 79.8 cm³/mol. The van der Waals surface area contributed by atoms with Crippen LogP contribution in [-0.2, 0) is 16.6 Å². The van der Waals surface area contributed by atoms with Gasteiger partial charge in [-0.15, -0.1) is 0 Å². The molecule has 0 amide bonds. The molecule has 0 saturated heterocycles. The van der Waals surface area contributed by atoms with Gasteiger partial charge in [0.1, 0.15) is 0 Å². The number of nitrogens with zero attached hydrogens (tertiary/aromatic N) is 1. The smallest absolute Gasteiger partial charge is 0.262 e. The molecule has 1 aromatic heterocycles. The number of pyridine rings is 1. The molecule has 2 aromatic rings. The molecule has 0 saturated carbocycles. The Hall–Kier alpha value is -1.44. The van der Waals surface area contributed by atoms with Crippen LogP contribution >= 0.6 is 15.9 Å². The van der Waals surface area contributed by atoms with Crippen molar-refractivity contribution in [2.45, 2.75) is 18.4 Å². The third-order valence-electron chi connectivity index (χ3n) is 2.76. The van der Waals surface area contributed by atoms with Gasteiger partial charge in [0.25, 0.3) is 10.0 Å². The number of halogens is 1. The van der Waals surface area contributed by atoms with Crippen LogP contribution in [0.1, 0.15) is 11.1 Å². The highest BCUT2D eigenvalue weighted by Crippen LogP contribution is 2.27. The van der Waals surface area contributed by atoms with Gasteiger partial charge in [-0.3, -0.25) is 9.71 Å². The lowest BCUT2D eigenvalue weighted by Crippen LogP contribution is -2.15. The van der Waals surface area contributed by atoms with Gasteiger partial charge in [-0.25, -0.2) is 8.42 Å². The van der Waals surface area contributed by atoms with Crippen LogP contribution in [-0.4, -0.2) is 18.5 Å². The van der Waals surface area contributed by atoms with E-state index in [0.717, 1.165) is 0 Å². The van der Waals surface area contributed by atoms with Crippen LogP contribution in [0.15, 0.2) is 46.0 Å². The Kier molecular flexibility index (Phi) is 4.42. The zero-order valence-electron chi connectivity index (χ0n) is 10.7. The molecule has 2 N–H and O–H groups in total. The molecule has 0 unspecified atom stereocenters. The van der Waals surface area contributed by atoms with Gasteiger partial charge in [0, 0.05) is 16.9 Å². The van der Waals surface area contributed by atoms with E-state index in [0.29, 0.717) is 21.3 Å². The first-order valence-electron chi connectivity index (χ1n) is 5.77. The van der Waals surface area contributed by atoms with Gasteiger partial charge in [0.2, 0.25) is 0 Å². The predicted octanol–water partition coefficient (Wildman–Crippen LogP) is 2.45. The standard InChI is InChI=1S/C13H13BrN2O3S/c1-9-12(14)6-10(8-17)7-13(9)20(18,19)16-11-2-4-15-5-3-11/h2-7,17H,8H2,1H3,(H,15,16). The van der Waals surface area contributed by atoms with E-state index in [-0.39, 0.29) is 11.5 Å². The Morgan fingerprint density at radius 2 is 1.95 bits per heavy atom. The zero-order valence-corrected chi connectivity index (χ0v) is 13.1. The normalized spacial score (nSPS) is 11.3. The van der Waals surface area contributed by atoms with Crippen molar-refractivity contribution in [3.63, 3.8) is 0 Å². The fourth-order valence-corrected chi connectivity index (χ4v) is 3.72. The summed E-state index contributed by atoms with van der Waals surface area (Å²) in [5.74, 6) is 0. The number of hydrogen-bond donors (Lipinski definition) is 2. The molecule has 20 heavy (non-hydrogen) atoms. The number of benzene rings is 1. The number of aliphatic hydroxyl groups excluding tert-OH is 1. The number of nitrogens with one attached hydrogen (secondary N) is 1. The second-order valence-corrected chi connectivity index (χ2v) is 6.71. The van der Waals surface area contributed by atoms with Gasteiger partial charge < -0.3 is 5.11 Å². The van der Waals surface area contributed by atoms with E-state index in [1.807, 2.05) is 0 Å². The molecule has 2 rings (SSSR count). The minimum Gasteiger partial charge on any atom is -0.392 e. The average molecular weight is 357 g/mol. The number of hydrogen-bond acceptors (Lipinski definition) is 4. The van der Waals surface area contributed by atoms with Gasteiger partial charge in [-0.1, -0.05) is 15.9 Å². The van der Waals surface area contributed by atoms with Crippen molar-refractivity contribution in [1.82, 2.24) is 4.98 Å². The summed E-state index contributed by atoms with van der Waals surface area (Å²) in [6.45, 7) is 1.48. The molecular weight excluding hydrogens is 344 g/mol. The number of aliphatic hydroxyl groups is 1. The molecule has 0 aliphatic heterocycles. The Morgan fingerprint density at radius 3 is 2.55 bits per heavy atom. The lowest BCUT2D eigenvalue weighted by Gasteiger charge is -2.12. The van der Waals surface area contributed by atoms with Crippen LogP contribution in [0.25, 0.3) is 0 Å². The molecule has 0 aliphatic carbocycles. The van der Waals surface area contributed by atoms with E-state index in [9.17, 15) is 13.5 Å². The first kappa shape index (κ1) is 15.0. The van der Waals surface area contributed by atoms with Crippen molar-refractivity contribution in [2.24, 2.45) is 0 Å². The highest BCUT2D eigenvalue weighted by Gasteiger charge is 2.19. The molecule has 0 bridgehead atoms. The fraction of sp³-hybridized carbons (Fsp3) is 0.154. The van der Waals surface area contributed by atoms with Crippen LogP contribution in [0.2, 0.25) is 0 Å². The van der Waals surface area contributed by atoms with E-state index < -0.39 is 10.0 Å². The Balaban J connectivity index is 2.47. The summed E-state index contributed by atoms with van der Waals surface area (Å²) in [4.78, 5) is 3.96. The maximum atomic E-state index is 12.4. The lowest BCUT2D eigenvalue weighted by molar-refractivity contribution is 0.281. The molecule has 7 heteroatoms. The molecule has 0 aliphatic rings. The summed E-state index contributed by atoms with van der Waals surface area (Å²) < 4.78 is 27.9. The number of aromatic nitrogens is 1. The van der Waals surface area contributed by atoms with Crippen molar-refractivity contribution in [1.29, 1.82) is 0 Å². The average Bonchev–Trinajstić information content (AvgIpc) is 2.42. The molecule has 0 atom stereocenters. The first-order chi connectivity index (χ1) is 9.44. The van der Waals surface area contributed by atoms with Crippen molar-refractivity contribution >= 4 is 31.6 Å². The first-order valence-corrected chi connectivity index (χ1v) is 8.04. The van der Waals surface area contributed by atoms with Crippen LogP contribution in [0, 0.1) is 6.92 Å². The molecule has 0 spiro atoms. The molecule has 5 nitrogen and oxygen atoms in total. The van der Waals surface area contributed by atoms with Crippen molar-refractivity contribution < 1.29 is 13.5 Å². The molecule has 106 valence electrons. The largest absolute Gasteiger partial charge is 0.392 e. The van der Waals surface area contributed by atoms with E-state index in [2.05, 4.69) is 25.6 Å². The Morgan fingerprint density at radius 1 is 1.30 bits per heavy atom. The summed E-state index contributed by atoms with van der Waals surface area (Å²) in [7, 11) is -3.72. The van der Waals surface area contributed by atoms with E-state index in [1.54, 1.807) is 25.1 Å². The second kappa shape index (κ2) is 5.90. The molecule has 0 radical (unpaired) electrons. The minimum absolute atomic E-state index is 0.132. The number of sulfonamides is 1. The van der Waals surface area contributed by atoms with Crippen LogP contribution < -0.4 is 4.72 Å². The van der Waals surface area contributed by atoms with Crippen molar-refractivity contribution in [2.75, 3.05) is 4.72 Å². The van der Waals surface area contributed by atoms with E-state index >= 15 is 0 Å². The SMILES string of the molecule is Cc1c(Br)cc(CO)cc1S(=O)(=O)Nc1ccncc1. The van der Waals surface area contributed by atoms with E-state index in [1.165, 1.54) is 18.5 Å². The fourth-order valence-electron chi connectivity index (χ4n) is 1.71. The highest BCUT2D eigenvalue weighted by atomic mass is 79.9. The summed E-state index contributed by atoms with van der Waals surface area (Å²) in [6.07, 6.45) is 3.01. The Bertz CT molecular complexity index is 718. The third-order valence-corrected chi connectivity index (χ3v) is 5.09. The zero-order chi connectivity index (χ0) is 14.8. The summed E-state index contributed by atoms with van der Waals surface area (Å²) in [6, 6.07) is 6.29.